The minimum absolute atomic E-state index is 0.479. The maximum absolute atomic E-state index is 11.7. The third-order valence-electron chi connectivity index (χ3n) is 5.22. The lowest BCUT2D eigenvalue weighted by Crippen LogP contribution is -2.63. The summed E-state index contributed by atoms with van der Waals surface area (Å²) in [6.45, 7) is -1.52. The van der Waals surface area contributed by atoms with Crippen LogP contribution in [0, 0.1) is 0 Å². The van der Waals surface area contributed by atoms with E-state index in [2.05, 4.69) is 0 Å². The number of aliphatic hydroxyl groups excluding tert-OH is 7. The minimum atomic E-state index is -2.31. The number of aliphatic hydroxyl groups is 7. The van der Waals surface area contributed by atoms with Crippen molar-refractivity contribution in [3.8, 4) is 0 Å². The number of carboxylic acid groups (broad SMARTS) is 2. The van der Waals surface area contributed by atoms with Crippen molar-refractivity contribution in [2.45, 2.75) is 73.6 Å². The van der Waals surface area contributed by atoms with Gasteiger partial charge in [-0.1, -0.05) is 0 Å². The summed E-state index contributed by atoms with van der Waals surface area (Å²) in [4.78, 5) is 23.1. The lowest BCUT2D eigenvalue weighted by Gasteiger charge is -2.41. The van der Waals surface area contributed by atoms with E-state index in [0.29, 0.717) is 0 Å². The fraction of sp³-hybridized carbons (Fsp3) is 0.882. The molecule has 0 aromatic carbocycles. The Kier molecular flexibility index (Phi) is 9.85. The summed E-state index contributed by atoms with van der Waals surface area (Å²) in [5, 5.41) is 88.0. The zero-order chi connectivity index (χ0) is 25.0. The average molecular weight is 488 g/mol. The molecule has 0 spiro atoms. The first-order valence-corrected chi connectivity index (χ1v) is 9.70. The molecule has 2 aliphatic heterocycles. The van der Waals surface area contributed by atoms with Crippen LogP contribution in [0.5, 0.6) is 0 Å². The van der Waals surface area contributed by atoms with Gasteiger partial charge in [-0.3, -0.25) is 0 Å². The number of rotatable bonds is 10. The predicted molar refractivity (Wildman–Crippen MR) is 97.3 cm³/mol. The lowest BCUT2D eigenvalue weighted by molar-refractivity contribution is -0.322. The molecule has 0 amide bonds. The highest BCUT2D eigenvalue weighted by atomic mass is 16.7. The summed E-state index contributed by atoms with van der Waals surface area (Å²) < 4.78 is 24.9. The van der Waals surface area contributed by atoms with Gasteiger partial charge in [0.2, 0.25) is 0 Å². The van der Waals surface area contributed by atoms with Crippen molar-refractivity contribution in [3.63, 3.8) is 0 Å². The zero-order valence-electron chi connectivity index (χ0n) is 17.2. The Balaban J connectivity index is 2.15. The number of carbonyl (C=O) groups is 2. The molecule has 2 rings (SSSR count). The van der Waals surface area contributed by atoms with E-state index in [4.69, 9.17) is 23.7 Å². The van der Waals surface area contributed by atoms with Gasteiger partial charge in [0.05, 0.1) is 13.2 Å². The van der Waals surface area contributed by atoms with Gasteiger partial charge >= 0.3 is 11.9 Å². The summed E-state index contributed by atoms with van der Waals surface area (Å²) >= 11 is 0. The second kappa shape index (κ2) is 11.7. The number of hydrogen-bond donors (Lipinski definition) is 9. The van der Waals surface area contributed by atoms with Crippen molar-refractivity contribution >= 4 is 11.9 Å². The molecule has 0 unspecified atom stereocenters. The second-order valence-electron chi connectivity index (χ2n) is 7.44. The van der Waals surface area contributed by atoms with Crippen molar-refractivity contribution in [2.75, 3.05) is 20.3 Å². The molecule has 2 saturated heterocycles. The van der Waals surface area contributed by atoms with Crippen LogP contribution in [0.3, 0.4) is 0 Å². The average Bonchev–Trinajstić information content (AvgIpc) is 2.77. The van der Waals surface area contributed by atoms with Crippen molar-refractivity contribution in [3.05, 3.63) is 0 Å². The molecular weight excluding hydrogens is 460 g/mol. The zero-order valence-corrected chi connectivity index (χ0v) is 17.2. The fourth-order valence-electron chi connectivity index (χ4n) is 3.34. The normalized spacial score (nSPS) is 40.1. The molecular formula is C17H28O16. The molecule has 2 aliphatic rings. The lowest BCUT2D eigenvalue weighted by atomic mass is 9.98. The molecule has 0 saturated carbocycles. The smallest absolute Gasteiger partial charge is 0.335 e. The van der Waals surface area contributed by atoms with Crippen LogP contribution in [-0.4, -0.2) is 152 Å². The van der Waals surface area contributed by atoms with E-state index in [-0.39, 0.29) is 0 Å². The molecule has 0 aromatic heterocycles. The summed E-state index contributed by atoms with van der Waals surface area (Å²) in [6, 6.07) is 0. The molecule has 12 atom stereocenters. The van der Waals surface area contributed by atoms with Crippen LogP contribution < -0.4 is 0 Å². The van der Waals surface area contributed by atoms with Gasteiger partial charge in [-0.25, -0.2) is 9.59 Å². The third kappa shape index (κ3) is 6.13. The summed E-state index contributed by atoms with van der Waals surface area (Å²) in [5.74, 6) is -3.47. The maximum Gasteiger partial charge on any atom is 0.335 e. The Morgan fingerprint density at radius 1 is 0.970 bits per heavy atom. The number of aliphatic carboxylic acids is 2. The standard InChI is InChI=1S/C17H28O16/c1-29-11-8(22)10(24)17(33-13(11)15(27)28)32-12(14(25)26)7(21)5(2-18)31-16-9(23)6(20)4(19)3-30-16/h4-13,16-24H,2-3H2,1H3,(H,25,26)(H,27,28)/t4-,5-,6+,7+,8-,9-,10-,11+,12-,13+,16+,17+/m1/s1. The molecule has 0 bridgehead atoms. The number of hydrogen-bond acceptors (Lipinski definition) is 14. The molecule has 16 heteroatoms. The highest BCUT2D eigenvalue weighted by Crippen LogP contribution is 2.27. The molecule has 2 fully saturated rings. The Morgan fingerprint density at radius 3 is 2.09 bits per heavy atom. The van der Waals surface area contributed by atoms with Gasteiger partial charge in [0.25, 0.3) is 0 Å². The monoisotopic (exact) mass is 488 g/mol. The predicted octanol–water partition coefficient (Wildman–Crippen LogP) is -5.82. The van der Waals surface area contributed by atoms with E-state index in [1.54, 1.807) is 0 Å². The van der Waals surface area contributed by atoms with E-state index in [0.717, 1.165) is 7.11 Å². The van der Waals surface area contributed by atoms with E-state index in [1.807, 2.05) is 0 Å². The molecule has 192 valence electrons. The van der Waals surface area contributed by atoms with Crippen LogP contribution in [0.15, 0.2) is 0 Å². The first kappa shape index (κ1) is 27.7. The van der Waals surface area contributed by atoms with E-state index >= 15 is 0 Å². The van der Waals surface area contributed by atoms with Crippen LogP contribution in [0.2, 0.25) is 0 Å². The summed E-state index contributed by atoms with van der Waals surface area (Å²) in [5.41, 5.74) is 0. The Bertz CT molecular complexity index is 661. The van der Waals surface area contributed by atoms with Gasteiger partial charge in [-0.15, -0.1) is 0 Å². The van der Waals surface area contributed by atoms with Gasteiger partial charge in [0.15, 0.2) is 24.8 Å². The fourth-order valence-corrected chi connectivity index (χ4v) is 3.34. The highest BCUT2D eigenvalue weighted by molar-refractivity contribution is 5.74. The minimum Gasteiger partial charge on any atom is -0.479 e. The maximum atomic E-state index is 11.7. The molecule has 0 radical (unpaired) electrons. The van der Waals surface area contributed by atoms with Gasteiger partial charge < -0.3 is 69.6 Å². The highest BCUT2D eigenvalue weighted by Gasteiger charge is 2.51. The van der Waals surface area contributed by atoms with E-state index in [9.17, 15) is 55.5 Å². The summed E-state index contributed by atoms with van der Waals surface area (Å²) in [7, 11) is 1.05. The van der Waals surface area contributed by atoms with Crippen molar-refractivity contribution in [1.29, 1.82) is 0 Å². The molecule has 0 aliphatic carbocycles. The van der Waals surface area contributed by atoms with Crippen LogP contribution in [0.1, 0.15) is 0 Å². The molecule has 33 heavy (non-hydrogen) atoms. The van der Waals surface area contributed by atoms with Gasteiger partial charge in [-0.05, 0) is 0 Å². The van der Waals surface area contributed by atoms with Crippen LogP contribution >= 0.6 is 0 Å². The van der Waals surface area contributed by atoms with Gasteiger partial charge in [0, 0.05) is 7.11 Å². The Labute approximate surface area is 186 Å². The molecule has 0 aromatic rings. The van der Waals surface area contributed by atoms with Crippen molar-refractivity contribution in [2.24, 2.45) is 0 Å². The molecule has 2 heterocycles. The number of ether oxygens (including phenoxy) is 5. The molecule has 16 nitrogen and oxygen atoms in total. The van der Waals surface area contributed by atoms with Crippen LogP contribution in [-0.2, 0) is 33.3 Å². The van der Waals surface area contributed by atoms with Gasteiger partial charge in [0.1, 0.15) is 48.8 Å². The Morgan fingerprint density at radius 2 is 1.58 bits per heavy atom. The topological polar surface area (TPSA) is 262 Å². The first-order valence-electron chi connectivity index (χ1n) is 9.70. The largest absolute Gasteiger partial charge is 0.479 e. The third-order valence-corrected chi connectivity index (χ3v) is 5.22. The summed E-state index contributed by atoms with van der Waals surface area (Å²) in [6.07, 6.45) is -22.3. The van der Waals surface area contributed by atoms with Crippen molar-refractivity contribution < 1.29 is 79.2 Å². The van der Waals surface area contributed by atoms with E-state index < -0.39 is 98.8 Å². The number of carboxylic acids is 2. The SMILES string of the molecule is CO[C@H]1[C@H](O)[C@@H](O)[C@@H](O[C@@H](C(=O)O)[C@@H](O)[C@@H](CO)O[C@@H]2OC[C@@H](O)[C@H](O)[C@H]2O)O[C@@H]1C(=O)O. The van der Waals surface area contributed by atoms with Crippen molar-refractivity contribution in [1.82, 2.24) is 0 Å². The molecule has 9 N–H and O–H groups in total. The number of methoxy groups -OCH3 is 1. The first-order chi connectivity index (χ1) is 15.4. The van der Waals surface area contributed by atoms with Gasteiger partial charge in [-0.2, -0.15) is 0 Å². The second-order valence-corrected chi connectivity index (χ2v) is 7.44. The quantitative estimate of drug-likeness (QED) is 0.139. The Hall–Kier alpha value is -1.54. The van der Waals surface area contributed by atoms with Crippen LogP contribution in [0.25, 0.3) is 0 Å². The van der Waals surface area contributed by atoms with E-state index in [1.165, 1.54) is 0 Å². The van der Waals surface area contributed by atoms with Crippen LogP contribution in [0.4, 0.5) is 0 Å².